The molecule has 7 aromatic carbocycles. The van der Waals surface area contributed by atoms with Crippen molar-refractivity contribution in [3.05, 3.63) is 169 Å². The van der Waals surface area contributed by atoms with Crippen LogP contribution in [0.1, 0.15) is 25.0 Å². The SMILES string of the molecule is CC1(C)c2ccccc2-c2ccc(-c3ccc(-c4nc(-c5ccccc5)nc(-c5ccc(-c6nc7ccccc7c7c6ccc6nsnc67)cc5)n4)cc3)cc21. The van der Waals surface area contributed by atoms with Crippen molar-refractivity contribution in [3.63, 3.8) is 0 Å². The van der Waals surface area contributed by atoms with Crippen LogP contribution in [-0.4, -0.2) is 28.7 Å². The average Bonchev–Trinajstić information content (AvgIpc) is 3.84. The van der Waals surface area contributed by atoms with E-state index in [1.165, 1.54) is 39.5 Å². The van der Waals surface area contributed by atoms with Gasteiger partial charge >= 0.3 is 0 Å². The standard InChI is InChI=1S/C49H32N6S/c1-49(2)39-14-8-6-12-35(39)36-25-24-34(28-40(36)49)29-16-20-32(21-17-29)47-51-46(31-10-4-3-5-11-31)52-48(53-47)33-22-18-30(19-23-33)44-38-26-27-42-45(55-56-54-42)43(38)37-13-7-9-15-41(37)50-44/h3-28H,1-2H3. The van der Waals surface area contributed by atoms with Crippen molar-refractivity contribution in [2.45, 2.75) is 19.3 Å². The number of aromatic nitrogens is 6. The number of nitrogens with zero attached hydrogens (tertiary/aromatic N) is 6. The molecule has 0 saturated heterocycles. The monoisotopic (exact) mass is 736 g/mol. The molecular weight excluding hydrogens is 705 g/mol. The number of rotatable bonds is 5. The van der Waals surface area contributed by atoms with Gasteiger partial charge in [-0.15, -0.1) is 0 Å². The molecule has 0 saturated carbocycles. The van der Waals surface area contributed by atoms with Crippen LogP contribution < -0.4 is 0 Å². The highest BCUT2D eigenvalue weighted by atomic mass is 32.1. The van der Waals surface area contributed by atoms with Crippen LogP contribution in [0.4, 0.5) is 0 Å². The summed E-state index contributed by atoms with van der Waals surface area (Å²) in [6, 6.07) is 55.0. The maximum atomic E-state index is 5.15. The van der Waals surface area contributed by atoms with Gasteiger partial charge in [0.05, 0.1) is 22.9 Å². The van der Waals surface area contributed by atoms with Gasteiger partial charge in [-0.25, -0.2) is 19.9 Å². The zero-order valence-electron chi connectivity index (χ0n) is 30.6. The minimum Gasteiger partial charge on any atom is -0.247 e. The summed E-state index contributed by atoms with van der Waals surface area (Å²) >= 11 is 1.24. The number of hydrogen-bond donors (Lipinski definition) is 0. The van der Waals surface area contributed by atoms with Gasteiger partial charge in [0.1, 0.15) is 11.0 Å². The van der Waals surface area contributed by atoms with Gasteiger partial charge in [0.25, 0.3) is 0 Å². The lowest BCUT2D eigenvalue weighted by molar-refractivity contribution is 0.660. The molecule has 56 heavy (non-hydrogen) atoms. The maximum absolute atomic E-state index is 5.15. The summed E-state index contributed by atoms with van der Waals surface area (Å²) in [6.45, 7) is 4.64. The molecule has 0 aliphatic heterocycles. The largest absolute Gasteiger partial charge is 0.247 e. The number of fused-ring (bicyclic) bond motifs is 8. The Labute approximate surface area is 327 Å². The van der Waals surface area contributed by atoms with Crippen LogP contribution in [0.15, 0.2) is 158 Å². The molecule has 6 nitrogen and oxygen atoms in total. The van der Waals surface area contributed by atoms with Crippen molar-refractivity contribution in [2.75, 3.05) is 0 Å². The fourth-order valence-corrected chi connectivity index (χ4v) is 8.87. The smallest absolute Gasteiger partial charge is 0.164 e. The van der Waals surface area contributed by atoms with E-state index < -0.39 is 0 Å². The summed E-state index contributed by atoms with van der Waals surface area (Å²) in [5.74, 6) is 1.86. The summed E-state index contributed by atoms with van der Waals surface area (Å²) in [4.78, 5) is 20.2. The minimum atomic E-state index is -0.0546. The Morgan fingerprint density at radius 2 is 1.00 bits per heavy atom. The second-order valence-electron chi connectivity index (χ2n) is 14.9. The highest BCUT2D eigenvalue weighted by Gasteiger charge is 2.35. The van der Waals surface area contributed by atoms with Gasteiger partial charge in [-0.05, 0) is 57.6 Å². The van der Waals surface area contributed by atoms with E-state index in [1.807, 2.05) is 48.5 Å². The van der Waals surface area contributed by atoms with Gasteiger partial charge in [-0.1, -0.05) is 147 Å². The van der Waals surface area contributed by atoms with Crippen LogP contribution in [0.5, 0.6) is 0 Å². The molecule has 0 unspecified atom stereocenters. The van der Waals surface area contributed by atoms with Crippen LogP contribution in [0, 0.1) is 0 Å². The van der Waals surface area contributed by atoms with Gasteiger partial charge in [-0.2, -0.15) is 8.75 Å². The van der Waals surface area contributed by atoms with Gasteiger partial charge in [0.2, 0.25) is 0 Å². The molecule has 0 spiro atoms. The minimum absolute atomic E-state index is 0.0546. The van der Waals surface area contributed by atoms with E-state index in [1.54, 1.807) is 0 Å². The van der Waals surface area contributed by atoms with E-state index in [0.717, 1.165) is 66.2 Å². The molecule has 0 N–H and O–H groups in total. The van der Waals surface area contributed by atoms with E-state index in [9.17, 15) is 0 Å². The lowest BCUT2D eigenvalue weighted by Crippen LogP contribution is -2.14. The lowest BCUT2D eigenvalue weighted by Gasteiger charge is -2.22. The molecule has 0 fully saturated rings. The Kier molecular flexibility index (Phi) is 7.28. The molecule has 0 atom stereocenters. The van der Waals surface area contributed by atoms with Gasteiger partial charge in [0.15, 0.2) is 17.5 Å². The number of para-hydroxylation sites is 1. The van der Waals surface area contributed by atoms with Gasteiger partial charge in [-0.3, -0.25) is 0 Å². The Balaban J connectivity index is 0.973. The molecule has 1 aliphatic rings. The van der Waals surface area contributed by atoms with Gasteiger partial charge in [0, 0.05) is 43.8 Å². The third-order valence-corrected chi connectivity index (χ3v) is 11.8. The third kappa shape index (κ3) is 5.16. The number of pyridine rings is 1. The zero-order chi connectivity index (χ0) is 37.4. The summed E-state index contributed by atoms with van der Waals surface area (Å²) in [5, 5.41) is 3.19. The van der Waals surface area contributed by atoms with Crippen LogP contribution >= 0.6 is 11.7 Å². The molecular formula is C49H32N6S. The van der Waals surface area contributed by atoms with Crippen molar-refractivity contribution in [1.82, 2.24) is 28.7 Å². The van der Waals surface area contributed by atoms with E-state index in [2.05, 4.69) is 132 Å². The van der Waals surface area contributed by atoms with Crippen LogP contribution in [0.25, 0.3) is 100 Å². The van der Waals surface area contributed by atoms with E-state index in [4.69, 9.17) is 19.9 Å². The van der Waals surface area contributed by atoms with E-state index in [0.29, 0.717) is 17.5 Å². The molecule has 1 aliphatic carbocycles. The zero-order valence-corrected chi connectivity index (χ0v) is 31.4. The second kappa shape index (κ2) is 12.5. The first-order chi connectivity index (χ1) is 27.5. The van der Waals surface area contributed by atoms with Crippen molar-refractivity contribution in [2.24, 2.45) is 0 Å². The van der Waals surface area contributed by atoms with Crippen molar-refractivity contribution in [1.29, 1.82) is 0 Å². The van der Waals surface area contributed by atoms with Crippen molar-refractivity contribution in [3.8, 4) is 67.7 Å². The second-order valence-corrected chi connectivity index (χ2v) is 15.4. The average molecular weight is 737 g/mol. The van der Waals surface area contributed by atoms with Gasteiger partial charge < -0.3 is 0 Å². The first-order valence-electron chi connectivity index (χ1n) is 18.7. The summed E-state index contributed by atoms with van der Waals surface area (Å²) in [5.41, 5.74) is 15.1. The predicted molar refractivity (Wildman–Crippen MR) is 228 cm³/mol. The molecule has 3 heterocycles. The molecule has 10 aromatic rings. The third-order valence-electron chi connectivity index (χ3n) is 11.2. The first-order valence-corrected chi connectivity index (χ1v) is 19.4. The molecule has 0 amide bonds. The predicted octanol–water partition coefficient (Wildman–Crippen LogP) is 12.2. The highest BCUT2D eigenvalue weighted by molar-refractivity contribution is 7.00. The molecule has 3 aromatic heterocycles. The fourth-order valence-electron chi connectivity index (χ4n) is 8.33. The number of benzene rings is 7. The summed E-state index contributed by atoms with van der Waals surface area (Å²) < 4.78 is 9.19. The normalized spacial score (nSPS) is 13.0. The van der Waals surface area contributed by atoms with E-state index in [-0.39, 0.29) is 5.41 Å². The van der Waals surface area contributed by atoms with Crippen LogP contribution in [-0.2, 0) is 5.41 Å². The lowest BCUT2D eigenvalue weighted by atomic mass is 9.81. The van der Waals surface area contributed by atoms with Crippen LogP contribution in [0.2, 0.25) is 0 Å². The topological polar surface area (TPSA) is 77.3 Å². The molecule has 11 rings (SSSR count). The summed E-state index contributed by atoms with van der Waals surface area (Å²) in [6.07, 6.45) is 0. The molecule has 0 bridgehead atoms. The van der Waals surface area contributed by atoms with Crippen molar-refractivity contribution < 1.29 is 0 Å². The Morgan fingerprint density at radius 1 is 0.411 bits per heavy atom. The molecule has 7 heteroatoms. The quantitative estimate of drug-likeness (QED) is 0.164. The van der Waals surface area contributed by atoms with Crippen molar-refractivity contribution >= 4 is 44.4 Å². The Morgan fingerprint density at radius 3 is 1.75 bits per heavy atom. The summed E-state index contributed by atoms with van der Waals surface area (Å²) in [7, 11) is 0. The van der Waals surface area contributed by atoms with E-state index >= 15 is 0 Å². The Hall–Kier alpha value is -6.96. The molecule has 0 radical (unpaired) electrons. The molecule has 264 valence electrons. The fraction of sp³-hybridized carbons (Fsp3) is 0.0612. The highest BCUT2D eigenvalue weighted by Crippen LogP contribution is 2.49. The maximum Gasteiger partial charge on any atom is 0.164 e. The first kappa shape index (κ1) is 32.5. The number of hydrogen-bond acceptors (Lipinski definition) is 7. The van der Waals surface area contributed by atoms with Crippen LogP contribution in [0.3, 0.4) is 0 Å². The Bertz CT molecular complexity index is 3150.